The van der Waals surface area contributed by atoms with Crippen molar-refractivity contribution >= 4 is 31.6 Å². The van der Waals surface area contributed by atoms with Crippen molar-refractivity contribution in [2.45, 2.75) is 42.5 Å². The standard InChI is InChI=1S/C20H26N4O5S2/c1-3-23(4-2)30(26,27)18-8-5-7-16(13-18)22-20(25)15-24(17-10-11-17)31(28,29)19-9-6-12-21-14-19/h5-9,12-14,17H,3-4,10-11,15H2,1-2H3,(H,22,25). The number of rotatable bonds is 10. The molecule has 9 nitrogen and oxygen atoms in total. The molecule has 1 saturated carbocycles. The number of nitrogens with one attached hydrogen (secondary N) is 1. The fourth-order valence-electron chi connectivity index (χ4n) is 3.20. The molecule has 1 aliphatic rings. The Morgan fingerprint density at radius 2 is 1.71 bits per heavy atom. The van der Waals surface area contributed by atoms with Crippen molar-refractivity contribution in [3.63, 3.8) is 0 Å². The van der Waals surface area contributed by atoms with Crippen LogP contribution in [0.15, 0.2) is 58.6 Å². The van der Waals surface area contributed by atoms with E-state index in [2.05, 4.69) is 10.3 Å². The average Bonchev–Trinajstić information content (AvgIpc) is 3.58. The molecule has 0 atom stereocenters. The van der Waals surface area contributed by atoms with Crippen LogP contribution in [0, 0.1) is 0 Å². The van der Waals surface area contributed by atoms with Crippen molar-refractivity contribution in [2.24, 2.45) is 0 Å². The first-order chi connectivity index (χ1) is 14.7. The van der Waals surface area contributed by atoms with Crippen molar-refractivity contribution in [3.05, 3.63) is 48.8 Å². The molecule has 31 heavy (non-hydrogen) atoms. The number of amides is 1. The Morgan fingerprint density at radius 1 is 1.03 bits per heavy atom. The van der Waals surface area contributed by atoms with E-state index in [9.17, 15) is 21.6 Å². The van der Waals surface area contributed by atoms with Crippen molar-refractivity contribution in [1.82, 2.24) is 13.6 Å². The summed E-state index contributed by atoms with van der Waals surface area (Å²) in [6.07, 6.45) is 4.10. The lowest BCUT2D eigenvalue weighted by Gasteiger charge is -2.21. The summed E-state index contributed by atoms with van der Waals surface area (Å²) in [5.74, 6) is -0.545. The lowest BCUT2D eigenvalue weighted by molar-refractivity contribution is -0.116. The second-order valence-electron chi connectivity index (χ2n) is 7.14. The molecule has 0 unspecified atom stereocenters. The lowest BCUT2D eigenvalue weighted by Crippen LogP contribution is -2.39. The molecule has 1 amide bonds. The van der Waals surface area contributed by atoms with E-state index in [1.165, 1.54) is 51.3 Å². The fraction of sp³-hybridized carbons (Fsp3) is 0.400. The minimum Gasteiger partial charge on any atom is -0.325 e. The normalized spacial score (nSPS) is 14.7. The molecule has 168 valence electrons. The van der Waals surface area contributed by atoms with Gasteiger partial charge in [0.25, 0.3) is 0 Å². The van der Waals surface area contributed by atoms with Crippen molar-refractivity contribution in [3.8, 4) is 0 Å². The topological polar surface area (TPSA) is 117 Å². The van der Waals surface area contributed by atoms with E-state index < -0.39 is 26.0 Å². The number of anilines is 1. The maximum absolute atomic E-state index is 12.9. The van der Waals surface area contributed by atoms with Crippen LogP contribution >= 0.6 is 0 Å². The zero-order chi connectivity index (χ0) is 22.6. The van der Waals surface area contributed by atoms with Crippen molar-refractivity contribution in [1.29, 1.82) is 0 Å². The van der Waals surface area contributed by atoms with Crippen LogP contribution in [0.25, 0.3) is 0 Å². The second-order valence-corrected chi connectivity index (χ2v) is 11.0. The minimum absolute atomic E-state index is 0.0296. The van der Waals surface area contributed by atoms with E-state index in [0.717, 1.165) is 0 Å². The Bertz CT molecular complexity index is 1130. The SMILES string of the molecule is CCN(CC)S(=O)(=O)c1cccc(NC(=O)CN(C2CC2)S(=O)(=O)c2cccnc2)c1. The first-order valence-electron chi connectivity index (χ1n) is 10.0. The number of nitrogens with zero attached hydrogens (tertiary/aromatic N) is 3. The number of carbonyl (C=O) groups is 1. The van der Waals surface area contributed by atoms with Gasteiger partial charge in [-0.2, -0.15) is 8.61 Å². The second kappa shape index (κ2) is 9.43. The lowest BCUT2D eigenvalue weighted by atomic mass is 10.3. The molecule has 0 spiro atoms. The monoisotopic (exact) mass is 466 g/mol. The summed E-state index contributed by atoms with van der Waals surface area (Å²) in [6.45, 7) is 3.80. The highest BCUT2D eigenvalue weighted by molar-refractivity contribution is 7.89. The Kier molecular flexibility index (Phi) is 7.10. The van der Waals surface area contributed by atoms with Gasteiger partial charge >= 0.3 is 0 Å². The summed E-state index contributed by atoms with van der Waals surface area (Å²) in [6, 6.07) is 8.69. The molecule has 0 aliphatic heterocycles. The predicted molar refractivity (Wildman–Crippen MR) is 116 cm³/mol. The largest absolute Gasteiger partial charge is 0.325 e. The molecule has 0 radical (unpaired) electrons. The van der Waals surface area contributed by atoms with Crippen molar-refractivity contribution in [2.75, 3.05) is 25.0 Å². The van der Waals surface area contributed by atoms with E-state index in [-0.39, 0.29) is 28.1 Å². The van der Waals surface area contributed by atoms with Crippen LogP contribution in [0.1, 0.15) is 26.7 Å². The highest BCUT2D eigenvalue weighted by Crippen LogP contribution is 2.31. The number of benzene rings is 1. The molecule has 2 aromatic rings. The summed E-state index contributed by atoms with van der Waals surface area (Å²) in [5, 5.41) is 2.62. The fourth-order valence-corrected chi connectivity index (χ4v) is 6.31. The average molecular weight is 467 g/mol. The van der Waals surface area contributed by atoms with Gasteiger partial charge < -0.3 is 5.32 Å². The molecule has 1 fully saturated rings. The maximum Gasteiger partial charge on any atom is 0.245 e. The third-order valence-corrected chi connectivity index (χ3v) is 8.88. The predicted octanol–water partition coefficient (Wildman–Crippen LogP) is 1.90. The number of pyridine rings is 1. The number of sulfonamides is 2. The maximum atomic E-state index is 12.9. The van der Waals surface area contributed by atoms with Gasteiger partial charge in [-0.3, -0.25) is 9.78 Å². The van der Waals surface area contributed by atoms with Crippen LogP contribution in [0.2, 0.25) is 0 Å². The summed E-state index contributed by atoms with van der Waals surface area (Å²) in [5.41, 5.74) is 0.285. The molecule has 1 aromatic carbocycles. The minimum atomic E-state index is -3.87. The van der Waals surface area contributed by atoms with Crippen LogP contribution in [-0.2, 0) is 24.8 Å². The van der Waals surface area contributed by atoms with Gasteiger partial charge in [-0.25, -0.2) is 16.8 Å². The Hall–Kier alpha value is -2.34. The smallest absolute Gasteiger partial charge is 0.245 e. The van der Waals surface area contributed by atoms with Crippen molar-refractivity contribution < 1.29 is 21.6 Å². The van der Waals surface area contributed by atoms with Gasteiger partial charge in [0, 0.05) is 37.2 Å². The summed E-state index contributed by atoms with van der Waals surface area (Å²) in [7, 11) is -7.54. The van der Waals surface area contributed by atoms with Gasteiger partial charge in [-0.1, -0.05) is 19.9 Å². The number of carbonyl (C=O) groups excluding carboxylic acids is 1. The van der Waals surface area contributed by atoms with Gasteiger partial charge in [-0.05, 0) is 43.2 Å². The van der Waals surface area contributed by atoms with Crippen LogP contribution in [0.3, 0.4) is 0 Å². The van der Waals surface area contributed by atoms with Gasteiger partial charge in [0.1, 0.15) is 4.90 Å². The Labute approximate surface area is 183 Å². The van der Waals surface area contributed by atoms with Crippen LogP contribution < -0.4 is 5.32 Å². The highest BCUT2D eigenvalue weighted by atomic mass is 32.2. The van der Waals surface area contributed by atoms with Gasteiger partial charge in [0.2, 0.25) is 26.0 Å². The molecule has 1 heterocycles. The molecule has 3 rings (SSSR count). The molecule has 0 bridgehead atoms. The van der Waals surface area contributed by atoms with Gasteiger partial charge in [0.15, 0.2) is 0 Å². The van der Waals surface area contributed by atoms with E-state index >= 15 is 0 Å². The van der Waals surface area contributed by atoms with Crippen LogP contribution in [-0.4, -0.2) is 62.0 Å². The zero-order valence-corrected chi connectivity index (χ0v) is 19.1. The summed E-state index contributed by atoms with van der Waals surface area (Å²) < 4.78 is 53.8. The van der Waals surface area contributed by atoms with E-state index in [1.54, 1.807) is 19.9 Å². The van der Waals surface area contributed by atoms with E-state index in [4.69, 9.17) is 0 Å². The van der Waals surface area contributed by atoms with Gasteiger partial charge in [-0.15, -0.1) is 0 Å². The van der Waals surface area contributed by atoms with Crippen LogP contribution in [0.4, 0.5) is 5.69 Å². The van der Waals surface area contributed by atoms with E-state index in [0.29, 0.717) is 25.9 Å². The molecule has 1 aliphatic carbocycles. The molecule has 11 heteroatoms. The Balaban J connectivity index is 1.77. The highest BCUT2D eigenvalue weighted by Gasteiger charge is 2.39. The molecular formula is C20H26N4O5S2. The number of hydrogen-bond acceptors (Lipinski definition) is 6. The third-order valence-electron chi connectivity index (χ3n) is 4.96. The van der Waals surface area contributed by atoms with Gasteiger partial charge in [0.05, 0.1) is 11.4 Å². The molecule has 0 saturated heterocycles. The summed E-state index contributed by atoms with van der Waals surface area (Å²) >= 11 is 0. The quantitative estimate of drug-likeness (QED) is 0.572. The molecule has 1 aromatic heterocycles. The zero-order valence-electron chi connectivity index (χ0n) is 17.4. The first kappa shape index (κ1) is 23.3. The van der Waals surface area contributed by atoms with Crippen LogP contribution in [0.5, 0.6) is 0 Å². The first-order valence-corrected chi connectivity index (χ1v) is 12.9. The summed E-state index contributed by atoms with van der Waals surface area (Å²) in [4.78, 5) is 16.6. The molecule has 1 N–H and O–H groups in total. The van der Waals surface area contributed by atoms with E-state index in [1.807, 2.05) is 0 Å². The number of aromatic nitrogens is 1. The molecular weight excluding hydrogens is 440 g/mol. The third kappa shape index (κ3) is 5.29. The number of hydrogen-bond donors (Lipinski definition) is 1. The Morgan fingerprint density at radius 3 is 2.29 bits per heavy atom.